The molecule has 0 N–H and O–H groups in total. The van der Waals surface area contributed by atoms with Gasteiger partial charge in [0.1, 0.15) is 5.52 Å². The Labute approximate surface area is 112 Å². The van der Waals surface area contributed by atoms with Crippen molar-refractivity contribution in [3.8, 4) is 6.01 Å². The first-order valence-electron chi connectivity index (χ1n) is 5.90. The number of halogens is 1. The van der Waals surface area contributed by atoms with E-state index >= 15 is 0 Å². The molecule has 3 aromatic rings. The molecule has 0 unspecified atom stereocenters. The van der Waals surface area contributed by atoms with Gasteiger partial charge in [0.15, 0.2) is 0 Å². The van der Waals surface area contributed by atoms with Gasteiger partial charge in [0.05, 0.1) is 23.8 Å². The lowest BCUT2D eigenvalue weighted by Gasteiger charge is -2.15. The molecular formula is C13H10BrN3O. The minimum absolute atomic E-state index is 0.716. The number of hydrogen-bond acceptors (Lipinski definition) is 3. The van der Waals surface area contributed by atoms with E-state index in [1.54, 1.807) is 0 Å². The lowest BCUT2D eigenvalue weighted by atomic mass is 10.2. The molecule has 1 aliphatic rings. The predicted octanol–water partition coefficient (Wildman–Crippen LogP) is 3.13. The fourth-order valence-corrected chi connectivity index (χ4v) is 2.82. The third kappa shape index (κ3) is 1.37. The van der Waals surface area contributed by atoms with Crippen LogP contribution < -0.4 is 4.74 Å². The van der Waals surface area contributed by atoms with Crippen LogP contribution in [0.15, 0.2) is 28.9 Å². The van der Waals surface area contributed by atoms with E-state index in [2.05, 4.69) is 36.5 Å². The molecule has 0 aliphatic carbocycles. The number of imidazole rings is 1. The molecular weight excluding hydrogens is 294 g/mol. The summed E-state index contributed by atoms with van der Waals surface area (Å²) in [6, 6.07) is 6.86. The normalized spacial score (nSPS) is 14.7. The van der Waals surface area contributed by atoms with Gasteiger partial charge in [-0.05, 0) is 24.6 Å². The molecule has 1 aromatic carbocycles. The summed E-state index contributed by atoms with van der Waals surface area (Å²) in [6.45, 7) is 1.71. The van der Waals surface area contributed by atoms with E-state index in [1.165, 1.54) is 0 Å². The molecule has 0 bridgehead atoms. The summed E-state index contributed by atoms with van der Waals surface area (Å²) in [4.78, 5) is 8.94. The molecule has 0 fully saturated rings. The summed E-state index contributed by atoms with van der Waals surface area (Å²) in [7, 11) is 0. The second-order valence-electron chi connectivity index (χ2n) is 4.40. The van der Waals surface area contributed by atoms with Crippen LogP contribution in [-0.2, 0) is 6.54 Å². The highest BCUT2D eigenvalue weighted by atomic mass is 79.9. The van der Waals surface area contributed by atoms with Crippen molar-refractivity contribution in [2.24, 2.45) is 0 Å². The van der Waals surface area contributed by atoms with Crippen LogP contribution in [0.25, 0.3) is 21.9 Å². The highest BCUT2D eigenvalue weighted by molar-refractivity contribution is 9.10. The minimum Gasteiger partial charge on any atom is -0.465 e. The van der Waals surface area contributed by atoms with Gasteiger partial charge in [0, 0.05) is 16.4 Å². The Bertz CT molecular complexity index is 766. The molecule has 0 saturated heterocycles. The number of nitrogens with zero attached hydrogens (tertiary/aromatic N) is 3. The zero-order valence-electron chi connectivity index (χ0n) is 9.56. The maximum atomic E-state index is 5.60. The first kappa shape index (κ1) is 10.3. The average molecular weight is 304 g/mol. The van der Waals surface area contributed by atoms with Gasteiger partial charge < -0.3 is 4.74 Å². The van der Waals surface area contributed by atoms with Crippen molar-refractivity contribution in [1.29, 1.82) is 0 Å². The van der Waals surface area contributed by atoms with Crippen molar-refractivity contribution >= 4 is 37.9 Å². The van der Waals surface area contributed by atoms with E-state index in [0.717, 1.165) is 46.0 Å². The summed E-state index contributed by atoms with van der Waals surface area (Å²) in [6.07, 6.45) is 2.84. The molecule has 90 valence electrons. The zero-order chi connectivity index (χ0) is 12.1. The minimum atomic E-state index is 0.716. The number of aromatic nitrogens is 3. The Morgan fingerprint density at radius 2 is 2.22 bits per heavy atom. The molecule has 0 saturated carbocycles. The van der Waals surface area contributed by atoms with Gasteiger partial charge in [-0.2, -0.15) is 4.98 Å². The van der Waals surface area contributed by atoms with Gasteiger partial charge in [-0.15, -0.1) is 0 Å². The number of fused-ring (bicyclic) bond motifs is 5. The molecule has 0 atom stereocenters. The van der Waals surface area contributed by atoms with Gasteiger partial charge in [-0.25, -0.2) is 0 Å². The van der Waals surface area contributed by atoms with Crippen LogP contribution in [0.3, 0.4) is 0 Å². The van der Waals surface area contributed by atoms with Crippen molar-refractivity contribution in [2.45, 2.75) is 13.0 Å². The molecule has 4 nitrogen and oxygen atoms in total. The highest BCUT2D eigenvalue weighted by Gasteiger charge is 2.18. The Balaban J connectivity index is 2.16. The van der Waals surface area contributed by atoms with E-state index in [9.17, 15) is 0 Å². The van der Waals surface area contributed by atoms with E-state index in [1.807, 2.05) is 18.3 Å². The number of benzene rings is 1. The molecule has 4 rings (SSSR count). The summed E-state index contributed by atoms with van der Waals surface area (Å²) in [5.74, 6) is 0. The average Bonchev–Trinajstić information content (AvgIpc) is 2.77. The van der Waals surface area contributed by atoms with Crippen LogP contribution in [0, 0.1) is 0 Å². The summed E-state index contributed by atoms with van der Waals surface area (Å²) in [5, 5.41) is 1.12. The van der Waals surface area contributed by atoms with Crippen LogP contribution >= 0.6 is 15.9 Å². The fraction of sp³-hybridized carbons (Fsp3) is 0.231. The lowest BCUT2D eigenvalue weighted by Crippen LogP contribution is -2.14. The summed E-state index contributed by atoms with van der Waals surface area (Å²) >= 11 is 3.47. The van der Waals surface area contributed by atoms with Crippen LogP contribution in [0.4, 0.5) is 0 Å². The van der Waals surface area contributed by atoms with Crippen molar-refractivity contribution in [3.63, 3.8) is 0 Å². The zero-order valence-corrected chi connectivity index (χ0v) is 11.1. The smallest absolute Gasteiger partial charge is 0.297 e. The molecule has 1 aliphatic heterocycles. The Morgan fingerprint density at radius 1 is 1.28 bits per heavy atom. The maximum Gasteiger partial charge on any atom is 0.297 e. The van der Waals surface area contributed by atoms with Gasteiger partial charge in [-0.1, -0.05) is 15.9 Å². The molecule has 0 amide bonds. The fourth-order valence-electron chi connectivity index (χ4n) is 2.47. The van der Waals surface area contributed by atoms with E-state index in [0.29, 0.717) is 6.01 Å². The van der Waals surface area contributed by atoms with Gasteiger partial charge >= 0.3 is 0 Å². The molecule has 5 heteroatoms. The van der Waals surface area contributed by atoms with E-state index < -0.39 is 0 Å². The molecule has 2 aromatic heterocycles. The second kappa shape index (κ2) is 3.68. The summed E-state index contributed by atoms with van der Waals surface area (Å²) in [5.41, 5.74) is 3.01. The van der Waals surface area contributed by atoms with Crippen LogP contribution in [0.5, 0.6) is 6.01 Å². The van der Waals surface area contributed by atoms with E-state index in [4.69, 9.17) is 4.74 Å². The van der Waals surface area contributed by atoms with Crippen LogP contribution in [0.1, 0.15) is 6.42 Å². The first-order valence-corrected chi connectivity index (χ1v) is 6.69. The highest BCUT2D eigenvalue weighted by Crippen LogP contribution is 2.30. The van der Waals surface area contributed by atoms with Crippen molar-refractivity contribution < 1.29 is 4.74 Å². The summed E-state index contributed by atoms with van der Waals surface area (Å²) < 4.78 is 8.78. The Hall–Kier alpha value is -1.62. The number of rotatable bonds is 0. The molecule has 0 spiro atoms. The van der Waals surface area contributed by atoms with Crippen molar-refractivity contribution in [1.82, 2.24) is 14.5 Å². The lowest BCUT2D eigenvalue weighted by molar-refractivity contribution is 0.234. The van der Waals surface area contributed by atoms with Gasteiger partial charge in [0.25, 0.3) is 6.01 Å². The van der Waals surface area contributed by atoms with Crippen molar-refractivity contribution in [3.05, 3.63) is 28.9 Å². The van der Waals surface area contributed by atoms with Crippen LogP contribution in [-0.4, -0.2) is 21.1 Å². The molecule has 0 radical (unpaired) electrons. The topological polar surface area (TPSA) is 39.9 Å². The predicted molar refractivity (Wildman–Crippen MR) is 72.8 cm³/mol. The standard InChI is InChI=1S/C13H10BrN3O/c14-8-2-3-9-10(6-8)15-7-11-12(9)17-4-1-5-18-13(17)16-11/h2-3,6-7H,1,4-5H2. The van der Waals surface area contributed by atoms with Gasteiger partial charge in [0.2, 0.25) is 0 Å². The first-order chi connectivity index (χ1) is 8.83. The monoisotopic (exact) mass is 303 g/mol. The maximum absolute atomic E-state index is 5.60. The van der Waals surface area contributed by atoms with Crippen molar-refractivity contribution in [2.75, 3.05) is 6.61 Å². The third-order valence-electron chi connectivity index (χ3n) is 3.26. The molecule has 18 heavy (non-hydrogen) atoms. The van der Waals surface area contributed by atoms with E-state index in [-0.39, 0.29) is 0 Å². The molecule has 3 heterocycles. The van der Waals surface area contributed by atoms with Crippen LogP contribution in [0.2, 0.25) is 0 Å². The Kier molecular flexibility index (Phi) is 2.11. The number of ether oxygens (including phenoxy) is 1. The number of aryl methyl sites for hydroxylation is 1. The van der Waals surface area contributed by atoms with Gasteiger partial charge in [-0.3, -0.25) is 9.55 Å². The third-order valence-corrected chi connectivity index (χ3v) is 3.75. The number of hydrogen-bond donors (Lipinski definition) is 0. The number of pyridine rings is 1. The Morgan fingerprint density at radius 3 is 3.17 bits per heavy atom. The largest absolute Gasteiger partial charge is 0.465 e. The quantitative estimate of drug-likeness (QED) is 0.640. The SMILES string of the molecule is Brc1ccc2c(c1)ncc1nc3n(c12)CCCO3. The second-order valence-corrected chi connectivity index (χ2v) is 5.32.